The molecule has 0 fully saturated rings. The quantitative estimate of drug-likeness (QED) is 0.333. The van der Waals surface area contributed by atoms with Gasteiger partial charge in [-0.05, 0) is 24.3 Å². The van der Waals surface area contributed by atoms with Gasteiger partial charge in [0.1, 0.15) is 0 Å². The van der Waals surface area contributed by atoms with Crippen LogP contribution in [0.25, 0.3) is 0 Å². The Hall–Kier alpha value is 0.180. The Kier molecular flexibility index (Phi) is 9.96. The molecule has 0 saturated carbocycles. The maximum Gasteiger partial charge on any atom is 0.0100 e. The molecular formula is C16H24Br2. The van der Waals surface area contributed by atoms with Gasteiger partial charge in [-0.25, -0.2) is 0 Å². The highest BCUT2D eigenvalue weighted by Crippen LogP contribution is 2.24. The van der Waals surface area contributed by atoms with E-state index in [1.165, 1.54) is 50.5 Å². The average molecular weight is 376 g/mol. The third-order valence-electron chi connectivity index (χ3n) is 3.39. The van der Waals surface area contributed by atoms with E-state index in [0.29, 0.717) is 5.92 Å². The summed E-state index contributed by atoms with van der Waals surface area (Å²) in [7, 11) is 0. The van der Waals surface area contributed by atoms with Crippen LogP contribution in [-0.2, 0) is 0 Å². The number of halogens is 2. The van der Waals surface area contributed by atoms with E-state index in [1.54, 1.807) is 0 Å². The summed E-state index contributed by atoms with van der Waals surface area (Å²) in [5.41, 5.74) is 1.48. The van der Waals surface area contributed by atoms with Gasteiger partial charge in [-0.3, -0.25) is 0 Å². The summed E-state index contributed by atoms with van der Waals surface area (Å²) in [4.78, 5) is 0. The Labute approximate surface area is 129 Å². The van der Waals surface area contributed by atoms with Crippen LogP contribution in [0, 0.1) is 0 Å². The predicted octanol–water partition coefficient (Wildman–Crippen LogP) is 6.29. The van der Waals surface area contributed by atoms with Crippen LogP contribution in [0.5, 0.6) is 0 Å². The zero-order chi connectivity index (χ0) is 13.1. The van der Waals surface area contributed by atoms with E-state index < -0.39 is 0 Å². The minimum Gasteiger partial charge on any atom is -0.0928 e. The van der Waals surface area contributed by atoms with Crippen molar-refractivity contribution in [3.8, 4) is 0 Å². The number of hydrogen-bond donors (Lipinski definition) is 0. The Balaban J connectivity index is 2.13. The normalized spacial score (nSPS) is 12.6. The van der Waals surface area contributed by atoms with Crippen LogP contribution in [-0.4, -0.2) is 10.7 Å². The third kappa shape index (κ3) is 6.94. The van der Waals surface area contributed by atoms with E-state index in [-0.39, 0.29) is 0 Å². The second kappa shape index (κ2) is 11.0. The zero-order valence-electron chi connectivity index (χ0n) is 11.1. The maximum atomic E-state index is 3.65. The molecule has 0 spiro atoms. The standard InChI is InChI=1S/C16H24Br2/c17-13-9-4-2-1-3-6-12-16(14-18)15-10-7-5-8-11-15/h5,7-8,10-11,16H,1-4,6,9,12-14H2. The van der Waals surface area contributed by atoms with Crippen molar-refractivity contribution in [3.05, 3.63) is 35.9 Å². The van der Waals surface area contributed by atoms with Crippen molar-refractivity contribution >= 4 is 31.9 Å². The van der Waals surface area contributed by atoms with Crippen molar-refractivity contribution < 1.29 is 0 Å². The number of rotatable bonds is 10. The average Bonchev–Trinajstić information content (AvgIpc) is 2.43. The molecule has 0 aliphatic heterocycles. The van der Waals surface area contributed by atoms with Crippen LogP contribution in [0.2, 0.25) is 0 Å². The van der Waals surface area contributed by atoms with Crippen molar-refractivity contribution in [1.29, 1.82) is 0 Å². The highest BCUT2D eigenvalue weighted by molar-refractivity contribution is 9.09. The third-order valence-corrected chi connectivity index (χ3v) is 4.74. The fraction of sp³-hybridized carbons (Fsp3) is 0.625. The molecule has 0 heterocycles. The van der Waals surface area contributed by atoms with E-state index in [2.05, 4.69) is 62.2 Å². The highest BCUT2D eigenvalue weighted by atomic mass is 79.9. The Morgan fingerprint density at radius 2 is 1.39 bits per heavy atom. The first-order chi connectivity index (χ1) is 8.88. The lowest BCUT2D eigenvalue weighted by Gasteiger charge is -2.14. The van der Waals surface area contributed by atoms with Crippen LogP contribution in [0.3, 0.4) is 0 Å². The van der Waals surface area contributed by atoms with Crippen LogP contribution in [0.15, 0.2) is 30.3 Å². The van der Waals surface area contributed by atoms with Gasteiger partial charge < -0.3 is 0 Å². The second-order valence-corrected chi connectivity index (χ2v) is 6.30. The number of benzene rings is 1. The summed E-state index contributed by atoms with van der Waals surface area (Å²) in [6, 6.07) is 10.9. The van der Waals surface area contributed by atoms with Gasteiger partial charge in [-0.2, -0.15) is 0 Å². The van der Waals surface area contributed by atoms with Gasteiger partial charge in [0, 0.05) is 10.7 Å². The maximum absolute atomic E-state index is 3.65. The molecule has 102 valence electrons. The predicted molar refractivity (Wildman–Crippen MR) is 89.1 cm³/mol. The Morgan fingerprint density at radius 3 is 2.00 bits per heavy atom. The molecule has 0 aliphatic carbocycles. The molecule has 0 N–H and O–H groups in total. The smallest absolute Gasteiger partial charge is 0.0100 e. The van der Waals surface area contributed by atoms with Crippen molar-refractivity contribution in [2.45, 2.75) is 50.9 Å². The molecule has 2 heteroatoms. The number of unbranched alkanes of at least 4 members (excludes halogenated alkanes) is 5. The summed E-state index contributed by atoms with van der Waals surface area (Å²) in [5, 5.41) is 2.24. The van der Waals surface area contributed by atoms with E-state index in [9.17, 15) is 0 Å². The molecule has 1 rings (SSSR count). The van der Waals surface area contributed by atoms with Gasteiger partial charge in [-0.15, -0.1) is 0 Å². The highest BCUT2D eigenvalue weighted by Gasteiger charge is 2.08. The first kappa shape index (κ1) is 16.2. The molecule has 0 aliphatic rings. The van der Waals surface area contributed by atoms with Gasteiger partial charge >= 0.3 is 0 Å². The molecule has 0 nitrogen and oxygen atoms in total. The van der Waals surface area contributed by atoms with Crippen molar-refractivity contribution in [1.82, 2.24) is 0 Å². The molecular weight excluding hydrogens is 352 g/mol. The van der Waals surface area contributed by atoms with E-state index in [1.807, 2.05) is 0 Å². The van der Waals surface area contributed by atoms with Crippen molar-refractivity contribution in [2.75, 3.05) is 10.7 Å². The lowest BCUT2D eigenvalue weighted by atomic mass is 9.95. The summed E-state index contributed by atoms with van der Waals surface area (Å²) in [5.74, 6) is 0.689. The van der Waals surface area contributed by atoms with Crippen LogP contribution in [0.4, 0.5) is 0 Å². The molecule has 0 aromatic heterocycles. The lowest BCUT2D eigenvalue weighted by molar-refractivity contribution is 0.562. The molecule has 0 radical (unpaired) electrons. The van der Waals surface area contributed by atoms with Crippen LogP contribution < -0.4 is 0 Å². The second-order valence-electron chi connectivity index (χ2n) is 4.86. The Morgan fingerprint density at radius 1 is 0.778 bits per heavy atom. The van der Waals surface area contributed by atoms with Gasteiger partial charge in [0.05, 0.1) is 0 Å². The summed E-state index contributed by atoms with van der Waals surface area (Å²) in [6.07, 6.45) is 9.57. The van der Waals surface area contributed by atoms with Crippen LogP contribution in [0.1, 0.15) is 56.4 Å². The van der Waals surface area contributed by atoms with Gasteiger partial charge in [-0.1, -0.05) is 94.3 Å². The van der Waals surface area contributed by atoms with Gasteiger partial charge in [0.25, 0.3) is 0 Å². The summed E-state index contributed by atoms with van der Waals surface area (Å²) < 4.78 is 0. The molecule has 1 aromatic carbocycles. The van der Waals surface area contributed by atoms with Crippen molar-refractivity contribution in [3.63, 3.8) is 0 Å². The minimum atomic E-state index is 0.689. The van der Waals surface area contributed by atoms with Gasteiger partial charge in [0.15, 0.2) is 0 Å². The van der Waals surface area contributed by atoms with Gasteiger partial charge in [0.2, 0.25) is 0 Å². The molecule has 0 saturated heterocycles. The van der Waals surface area contributed by atoms with Crippen molar-refractivity contribution in [2.24, 2.45) is 0 Å². The number of alkyl halides is 2. The first-order valence-corrected chi connectivity index (χ1v) is 9.29. The van der Waals surface area contributed by atoms with E-state index >= 15 is 0 Å². The fourth-order valence-corrected chi connectivity index (χ4v) is 3.34. The fourth-order valence-electron chi connectivity index (χ4n) is 2.25. The number of hydrogen-bond acceptors (Lipinski definition) is 0. The van der Waals surface area contributed by atoms with Crippen LogP contribution >= 0.6 is 31.9 Å². The monoisotopic (exact) mass is 374 g/mol. The molecule has 0 bridgehead atoms. The molecule has 0 amide bonds. The molecule has 18 heavy (non-hydrogen) atoms. The topological polar surface area (TPSA) is 0 Å². The Bertz CT molecular complexity index is 284. The summed E-state index contributed by atoms with van der Waals surface area (Å²) >= 11 is 7.13. The summed E-state index contributed by atoms with van der Waals surface area (Å²) in [6.45, 7) is 0. The lowest BCUT2D eigenvalue weighted by Crippen LogP contribution is -2.00. The molecule has 1 aromatic rings. The van der Waals surface area contributed by atoms with E-state index in [0.717, 1.165) is 10.7 Å². The molecule has 1 unspecified atom stereocenters. The SMILES string of the molecule is BrCCCCCCCCC(CBr)c1ccccc1. The minimum absolute atomic E-state index is 0.689. The first-order valence-electron chi connectivity index (χ1n) is 7.05. The van der Waals surface area contributed by atoms with E-state index in [4.69, 9.17) is 0 Å². The zero-order valence-corrected chi connectivity index (χ0v) is 14.3. The largest absolute Gasteiger partial charge is 0.0928 e. The molecule has 1 atom stereocenters.